The van der Waals surface area contributed by atoms with Gasteiger partial charge in [0, 0.05) is 0 Å². The van der Waals surface area contributed by atoms with Gasteiger partial charge in [-0.05, 0) is 0 Å². The molecule has 0 atom stereocenters. The Balaban J connectivity index is 0.000000314. The third-order valence-corrected chi connectivity index (χ3v) is 12.9. The van der Waals surface area contributed by atoms with Gasteiger partial charge in [-0.2, -0.15) is 13.2 Å². The van der Waals surface area contributed by atoms with Gasteiger partial charge in [-0.3, -0.25) is 0 Å². The van der Waals surface area contributed by atoms with Gasteiger partial charge in [-0.25, -0.2) is 8.42 Å². The van der Waals surface area contributed by atoms with E-state index in [2.05, 4.69) is 89.9 Å². The average Bonchev–Trinajstić information content (AvgIpc) is 3.25. The van der Waals surface area contributed by atoms with Crippen LogP contribution in [-0.4, -0.2) is 38.0 Å². The molecule has 0 radical (unpaired) electrons. The molecule has 0 aromatic heterocycles. The molecule has 1 aliphatic rings. The van der Waals surface area contributed by atoms with Crippen molar-refractivity contribution in [3.8, 4) is 0 Å². The summed E-state index contributed by atoms with van der Waals surface area (Å²) in [5, 5.41) is 3.09. The molecule has 182 valence electrons. The van der Waals surface area contributed by atoms with E-state index in [4.69, 9.17) is 13.0 Å². The van der Waals surface area contributed by atoms with Gasteiger partial charge in [-0.1, -0.05) is 0 Å². The maximum atomic E-state index is 10.7. The molecule has 0 heterocycles. The first-order chi connectivity index (χ1) is 16.6. The van der Waals surface area contributed by atoms with Crippen LogP contribution in [0.4, 0.5) is 13.2 Å². The zero-order chi connectivity index (χ0) is 25.2. The molecule has 1 aliphatic carbocycles. The van der Waals surface area contributed by atoms with Crippen LogP contribution in [0.1, 0.15) is 11.1 Å². The summed E-state index contributed by atoms with van der Waals surface area (Å²) in [4.78, 5) is 5.25. The minimum absolute atomic E-state index is 1.19. The maximum Gasteiger partial charge on any atom is 0.485 e. The zero-order valence-electron chi connectivity index (χ0n) is 18.6. The van der Waals surface area contributed by atoms with Gasteiger partial charge in [0.2, 0.25) is 0 Å². The van der Waals surface area contributed by atoms with Crippen molar-refractivity contribution >= 4 is 59.4 Å². The van der Waals surface area contributed by atoms with Crippen LogP contribution in [-0.2, 0) is 23.0 Å². The summed E-state index contributed by atoms with van der Waals surface area (Å²) in [6.45, 7) is 0. The summed E-state index contributed by atoms with van der Waals surface area (Å²) in [6, 6.07) is 31.5. The molecular weight excluding hydrogens is 609 g/mol. The second kappa shape index (κ2) is 10.5. The molecule has 9 heteroatoms. The van der Waals surface area contributed by atoms with Gasteiger partial charge < -0.3 is 4.55 Å². The van der Waals surface area contributed by atoms with Gasteiger partial charge in [0.15, 0.2) is 10.1 Å². The first-order valence-electron chi connectivity index (χ1n) is 10.6. The predicted molar refractivity (Wildman–Crippen MR) is 135 cm³/mol. The Morgan fingerprint density at radius 2 is 1.31 bits per heavy atom. The van der Waals surface area contributed by atoms with E-state index >= 15 is 0 Å². The van der Waals surface area contributed by atoms with E-state index in [0.29, 0.717) is 0 Å². The van der Waals surface area contributed by atoms with Gasteiger partial charge in [0.25, 0.3) is 0 Å². The Labute approximate surface area is 213 Å². The van der Waals surface area contributed by atoms with Crippen molar-refractivity contribution in [2.75, 3.05) is 0 Å². The molecule has 0 amide bonds. The molecule has 0 N–H and O–H groups in total. The van der Waals surface area contributed by atoms with E-state index in [9.17, 15) is 13.2 Å². The second-order valence-corrected chi connectivity index (χ2v) is 15.8. The third-order valence-electron chi connectivity index (χ3n) is 5.60. The molecule has 5 rings (SSSR count). The molecule has 4 aromatic rings. The van der Waals surface area contributed by atoms with E-state index in [1.54, 1.807) is 29.1 Å². The molecule has 0 spiro atoms. The molecule has 0 bridgehead atoms. The molecule has 4 aromatic carbocycles. The SMILES string of the molecule is C[Te+](c1ccccc1)c1ccc2c3c(ccc(Sc4ccccc4)c13)CC2.O=S(=O)([O-])C(F)(F)F. The number of rotatable bonds is 4. The Hall–Kier alpha value is -2.02. The Bertz CT molecular complexity index is 1430. The summed E-state index contributed by atoms with van der Waals surface area (Å²) in [7, 11) is -6.09. The molecule has 3 nitrogen and oxygen atoms in total. The van der Waals surface area contributed by atoms with Crippen LogP contribution in [0.25, 0.3) is 10.8 Å². The predicted octanol–water partition coefficient (Wildman–Crippen LogP) is 5.38. The fourth-order valence-corrected chi connectivity index (χ4v) is 9.77. The van der Waals surface area contributed by atoms with Crippen LogP contribution in [0, 0.1) is 0 Å². The summed E-state index contributed by atoms with van der Waals surface area (Å²) in [5.41, 5.74) is -2.56. The van der Waals surface area contributed by atoms with Crippen molar-refractivity contribution < 1.29 is 26.1 Å². The second-order valence-electron chi connectivity index (χ2n) is 7.83. The minimum atomic E-state index is -6.09. The summed E-state index contributed by atoms with van der Waals surface area (Å²) >= 11 is 0.323. The van der Waals surface area contributed by atoms with Crippen molar-refractivity contribution in [2.45, 2.75) is 33.1 Å². The van der Waals surface area contributed by atoms with E-state index in [-0.39, 0.29) is 0 Å². The fourth-order valence-electron chi connectivity index (χ4n) is 3.97. The monoisotopic (exact) mass is 632 g/mol. The summed E-state index contributed by atoms with van der Waals surface area (Å²) in [5.74, 6) is 0. The smallest absolute Gasteiger partial charge is 0.485 e. The van der Waals surface area contributed by atoms with Gasteiger partial charge in [-0.15, -0.1) is 0 Å². The number of alkyl halides is 3. The van der Waals surface area contributed by atoms with Crippen LogP contribution in [0.2, 0.25) is 4.97 Å². The van der Waals surface area contributed by atoms with Crippen LogP contribution in [0.15, 0.2) is 94.7 Å². The molecule has 0 saturated carbocycles. The van der Waals surface area contributed by atoms with Crippen molar-refractivity contribution in [1.29, 1.82) is 0 Å². The molecule has 0 saturated heterocycles. The molecule has 0 fully saturated rings. The van der Waals surface area contributed by atoms with Crippen molar-refractivity contribution in [2.24, 2.45) is 0 Å². The fraction of sp³-hybridized carbons (Fsp3) is 0.154. The topological polar surface area (TPSA) is 57.2 Å². The minimum Gasteiger partial charge on any atom is -0.741 e. The van der Waals surface area contributed by atoms with Crippen molar-refractivity contribution in [3.63, 3.8) is 0 Å². The van der Waals surface area contributed by atoms with E-state index in [0.717, 1.165) is 0 Å². The average molecular weight is 630 g/mol. The van der Waals surface area contributed by atoms with E-state index in [1.807, 2.05) is 11.8 Å². The third kappa shape index (κ3) is 5.87. The first-order valence-corrected chi connectivity index (χ1v) is 17.5. The Morgan fingerprint density at radius 3 is 1.86 bits per heavy atom. The van der Waals surface area contributed by atoms with E-state index < -0.39 is 35.2 Å². The Kier molecular flexibility index (Phi) is 7.84. The largest absolute Gasteiger partial charge is 0.741 e. The first kappa shape index (κ1) is 26.1. The summed E-state index contributed by atoms with van der Waals surface area (Å²) < 4.78 is 62.1. The molecule has 0 aliphatic heterocycles. The van der Waals surface area contributed by atoms with Crippen LogP contribution < -0.4 is 7.22 Å². The van der Waals surface area contributed by atoms with Crippen molar-refractivity contribution in [1.82, 2.24) is 0 Å². The zero-order valence-corrected chi connectivity index (χ0v) is 22.5. The van der Waals surface area contributed by atoms with Gasteiger partial charge >= 0.3 is 178 Å². The molecule has 35 heavy (non-hydrogen) atoms. The molecule has 0 unspecified atom stereocenters. The number of hydrogen-bond donors (Lipinski definition) is 0. The Morgan fingerprint density at radius 1 is 0.800 bits per heavy atom. The normalized spacial score (nSPS) is 13.1. The number of hydrogen-bond acceptors (Lipinski definition) is 4. The van der Waals surface area contributed by atoms with Gasteiger partial charge in [0.1, 0.15) is 0 Å². The standard InChI is InChI=1S/C25H21STe.CHF3O3S/c1-27(21-10-6-3-7-11-21)23-17-15-19-13-12-18-14-16-22(25(23)24(18)19)26-20-8-4-2-5-9-20;2-1(3,4)8(5,6)7/h2-11,14-17H,12-13H2,1H3;(H,5,6,7)/q+1;/p-1. The van der Waals surface area contributed by atoms with E-state index in [1.165, 1.54) is 22.6 Å². The quantitative estimate of drug-likeness (QED) is 0.173. The van der Waals surface area contributed by atoms with Crippen molar-refractivity contribution in [3.05, 3.63) is 96.1 Å². The van der Waals surface area contributed by atoms with Crippen LogP contribution in [0.3, 0.4) is 0 Å². The number of benzene rings is 4. The maximum absolute atomic E-state index is 10.7. The van der Waals surface area contributed by atoms with Crippen LogP contribution in [0.5, 0.6) is 0 Å². The molecular formula is C26H21F3O3S2Te. The number of aryl methyl sites for hydroxylation is 2. The number of halogens is 3. The van der Waals surface area contributed by atoms with Crippen LogP contribution >= 0.6 is 11.8 Å². The summed E-state index contributed by atoms with van der Waals surface area (Å²) in [6.07, 6.45) is 2.38. The van der Waals surface area contributed by atoms with Gasteiger partial charge in [0.05, 0.1) is 0 Å².